The summed E-state index contributed by atoms with van der Waals surface area (Å²) in [5, 5.41) is 8.89. The molecule has 0 aromatic heterocycles. The molecule has 0 aromatic rings. The van der Waals surface area contributed by atoms with Crippen molar-refractivity contribution in [2.75, 3.05) is 59.1 Å². The normalized spacial score (nSPS) is 18.3. The lowest BCUT2D eigenvalue weighted by atomic mass is 10.3. The monoisotopic (exact) mass is 214 g/mol. The maximum absolute atomic E-state index is 8.89. The average Bonchev–Trinajstić information content (AvgIpc) is 2.28. The Labute approximate surface area is 92.1 Å². The summed E-state index contributed by atoms with van der Waals surface area (Å²) < 4.78 is 5.29. The van der Waals surface area contributed by atoms with E-state index in [0.29, 0.717) is 0 Å². The van der Waals surface area contributed by atoms with E-state index in [0.717, 1.165) is 52.5 Å². The summed E-state index contributed by atoms with van der Waals surface area (Å²) in [4.78, 5) is 4.61. The first kappa shape index (κ1) is 12.6. The number of aliphatic hydroxyl groups excluding tert-OH is 1. The molecule has 0 saturated carbocycles. The fourth-order valence-electron chi connectivity index (χ4n) is 1.73. The molecule has 0 bridgehead atoms. The van der Waals surface area contributed by atoms with Crippen LogP contribution in [0.3, 0.4) is 0 Å². The number of hydrogen-bond acceptors (Lipinski definition) is 4. The third kappa shape index (κ3) is 5.28. The van der Waals surface area contributed by atoms with Crippen molar-refractivity contribution in [2.24, 2.45) is 0 Å². The molecular weight excluding hydrogens is 192 g/mol. The fourth-order valence-corrected chi connectivity index (χ4v) is 1.73. The maximum Gasteiger partial charge on any atom is 0.0594 e. The van der Waals surface area contributed by atoms with Gasteiger partial charge in [-0.05, 0) is 0 Å². The van der Waals surface area contributed by atoms with E-state index in [1.54, 1.807) is 0 Å². The SMILES string of the molecule is C=CCN(CCO)CCN1CCOCC1. The number of nitrogens with zero attached hydrogens (tertiary/aromatic N) is 2. The molecule has 0 unspecified atom stereocenters. The van der Waals surface area contributed by atoms with E-state index in [-0.39, 0.29) is 6.61 Å². The molecule has 0 atom stereocenters. The Morgan fingerprint density at radius 2 is 2.07 bits per heavy atom. The highest BCUT2D eigenvalue weighted by molar-refractivity contribution is 4.74. The van der Waals surface area contributed by atoms with E-state index in [2.05, 4.69) is 16.4 Å². The summed E-state index contributed by atoms with van der Waals surface area (Å²) in [6.07, 6.45) is 1.88. The molecule has 4 nitrogen and oxygen atoms in total. The maximum atomic E-state index is 8.89. The Kier molecular flexibility index (Phi) is 6.59. The van der Waals surface area contributed by atoms with Crippen LogP contribution in [0.25, 0.3) is 0 Å². The molecule has 1 aliphatic rings. The summed E-state index contributed by atoms with van der Waals surface area (Å²) in [5.41, 5.74) is 0. The van der Waals surface area contributed by atoms with Crippen LogP contribution >= 0.6 is 0 Å². The van der Waals surface area contributed by atoms with Gasteiger partial charge in [0.05, 0.1) is 19.8 Å². The van der Waals surface area contributed by atoms with Gasteiger partial charge in [0.15, 0.2) is 0 Å². The van der Waals surface area contributed by atoms with Crippen LogP contribution < -0.4 is 0 Å². The third-order valence-corrected chi connectivity index (χ3v) is 2.64. The van der Waals surface area contributed by atoms with E-state index in [1.165, 1.54) is 0 Å². The number of rotatable bonds is 7. The van der Waals surface area contributed by atoms with Crippen LogP contribution in [0.4, 0.5) is 0 Å². The number of morpholine rings is 1. The van der Waals surface area contributed by atoms with Crippen molar-refractivity contribution in [3.8, 4) is 0 Å². The third-order valence-electron chi connectivity index (χ3n) is 2.64. The summed E-state index contributed by atoms with van der Waals surface area (Å²) in [7, 11) is 0. The second-order valence-corrected chi connectivity index (χ2v) is 3.77. The molecule has 1 aliphatic heterocycles. The van der Waals surface area contributed by atoms with Crippen LogP contribution in [0.5, 0.6) is 0 Å². The predicted octanol–water partition coefficient (Wildman–Crippen LogP) is -0.201. The largest absolute Gasteiger partial charge is 0.395 e. The summed E-state index contributed by atoms with van der Waals surface area (Å²) in [6, 6.07) is 0. The molecule has 1 saturated heterocycles. The quantitative estimate of drug-likeness (QED) is 0.595. The van der Waals surface area contributed by atoms with Gasteiger partial charge in [-0.25, -0.2) is 0 Å². The van der Waals surface area contributed by atoms with Gasteiger partial charge >= 0.3 is 0 Å². The molecule has 0 aliphatic carbocycles. The summed E-state index contributed by atoms with van der Waals surface area (Å²) in [6.45, 7) is 11.3. The van der Waals surface area contributed by atoms with Crippen LogP contribution in [-0.4, -0.2) is 74.0 Å². The molecule has 15 heavy (non-hydrogen) atoms. The van der Waals surface area contributed by atoms with Crippen molar-refractivity contribution in [3.05, 3.63) is 12.7 Å². The first-order valence-electron chi connectivity index (χ1n) is 5.61. The Morgan fingerprint density at radius 3 is 2.67 bits per heavy atom. The van der Waals surface area contributed by atoms with E-state index in [9.17, 15) is 0 Å². The standard InChI is InChI=1S/C11H22N2O2/c1-2-3-12(6-9-14)4-5-13-7-10-15-11-8-13/h2,14H,1,3-11H2. The fraction of sp³-hybridized carbons (Fsp3) is 0.818. The van der Waals surface area contributed by atoms with Crippen LogP contribution in [0.15, 0.2) is 12.7 Å². The van der Waals surface area contributed by atoms with Crippen molar-refractivity contribution in [3.63, 3.8) is 0 Å². The van der Waals surface area contributed by atoms with Gasteiger partial charge in [-0.2, -0.15) is 0 Å². The first-order chi connectivity index (χ1) is 7.36. The summed E-state index contributed by atoms with van der Waals surface area (Å²) >= 11 is 0. The lowest BCUT2D eigenvalue weighted by molar-refractivity contribution is 0.0331. The molecule has 0 radical (unpaired) electrons. The van der Waals surface area contributed by atoms with Gasteiger partial charge in [0.1, 0.15) is 0 Å². The highest BCUT2D eigenvalue weighted by Crippen LogP contribution is 1.97. The lowest BCUT2D eigenvalue weighted by Gasteiger charge is -2.29. The van der Waals surface area contributed by atoms with Crippen LogP contribution in [-0.2, 0) is 4.74 Å². The first-order valence-corrected chi connectivity index (χ1v) is 5.61. The molecule has 1 heterocycles. The lowest BCUT2D eigenvalue weighted by Crippen LogP contribution is -2.42. The van der Waals surface area contributed by atoms with Gasteiger partial charge in [-0.1, -0.05) is 6.08 Å². The average molecular weight is 214 g/mol. The topological polar surface area (TPSA) is 35.9 Å². The molecule has 1 N–H and O–H groups in total. The zero-order chi connectivity index (χ0) is 10.9. The second kappa shape index (κ2) is 7.82. The predicted molar refractivity (Wildman–Crippen MR) is 61.0 cm³/mol. The van der Waals surface area contributed by atoms with Crippen molar-refractivity contribution >= 4 is 0 Å². The van der Waals surface area contributed by atoms with E-state index < -0.39 is 0 Å². The minimum Gasteiger partial charge on any atom is -0.395 e. The van der Waals surface area contributed by atoms with Crippen molar-refractivity contribution in [1.82, 2.24) is 9.80 Å². The minimum atomic E-state index is 0.219. The van der Waals surface area contributed by atoms with E-state index in [4.69, 9.17) is 9.84 Å². The molecule has 0 aromatic carbocycles. The Morgan fingerprint density at radius 1 is 1.33 bits per heavy atom. The van der Waals surface area contributed by atoms with Gasteiger partial charge in [-0.3, -0.25) is 9.80 Å². The van der Waals surface area contributed by atoms with E-state index >= 15 is 0 Å². The van der Waals surface area contributed by atoms with Crippen LogP contribution in [0.1, 0.15) is 0 Å². The Balaban J connectivity index is 2.16. The van der Waals surface area contributed by atoms with Crippen molar-refractivity contribution < 1.29 is 9.84 Å². The van der Waals surface area contributed by atoms with Gasteiger partial charge in [0.25, 0.3) is 0 Å². The van der Waals surface area contributed by atoms with Gasteiger partial charge in [0, 0.05) is 39.3 Å². The smallest absolute Gasteiger partial charge is 0.0594 e. The van der Waals surface area contributed by atoms with E-state index in [1.807, 2.05) is 6.08 Å². The molecule has 0 spiro atoms. The van der Waals surface area contributed by atoms with Crippen molar-refractivity contribution in [2.45, 2.75) is 0 Å². The molecular formula is C11H22N2O2. The molecule has 4 heteroatoms. The highest BCUT2D eigenvalue weighted by Gasteiger charge is 2.11. The van der Waals surface area contributed by atoms with Gasteiger partial charge in [-0.15, -0.1) is 6.58 Å². The molecule has 1 rings (SSSR count). The Bertz CT molecular complexity index is 170. The zero-order valence-electron chi connectivity index (χ0n) is 9.40. The minimum absolute atomic E-state index is 0.219. The molecule has 0 amide bonds. The van der Waals surface area contributed by atoms with Gasteiger partial charge in [0.2, 0.25) is 0 Å². The molecule has 88 valence electrons. The summed E-state index contributed by atoms with van der Waals surface area (Å²) in [5.74, 6) is 0. The number of hydrogen-bond donors (Lipinski definition) is 1. The Hall–Kier alpha value is -0.420. The number of ether oxygens (including phenoxy) is 1. The van der Waals surface area contributed by atoms with Crippen LogP contribution in [0, 0.1) is 0 Å². The number of aliphatic hydroxyl groups is 1. The second-order valence-electron chi connectivity index (χ2n) is 3.77. The van der Waals surface area contributed by atoms with Crippen molar-refractivity contribution in [1.29, 1.82) is 0 Å². The molecule has 1 fully saturated rings. The van der Waals surface area contributed by atoms with Crippen LogP contribution in [0.2, 0.25) is 0 Å². The van der Waals surface area contributed by atoms with Gasteiger partial charge < -0.3 is 9.84 Å². The highest BCUT2D eigenvalue weighted by atomic mass is 16.5. The zero-order valence-corrected chi connectivity index (χ0v) is 9.40.